The first kappa shape index (κ1) is 11.4. The fraction of sp³-hybridized carbons (Fsp3) is 0.429. The zero-order valence-electron chi connectivity index (χ0n) is 10.9. The van der Waals surface area contributed by atoms with Crippen LogP contribution >= 0.6 is 11.3 Å². The largest absolute Gasteiger partial charge is 0.350 e. The molecule has 0 saturated carbocycles. The van der Waals surface area contributed by atoms with Crippen molar-refractivity contribution >= 4 is 17.2 Å². The molecule has 98 valence electrons. The molecule has 0 spiro atoms. The predicted molar refractivity (Wildman–Crippen MR) is 77.5 cm³/mol. The van der Waals surface area contributed by atoms with Crippen molar-refractivity contribution in [1.82, 2.24) is 15.1 Å². The Morgan fingerprint density at radius 3 is 2.79 bits per heavy atom. The van der Waals surface area contributed by atoms with Gasteiger partial charge in [0.2, 0.25) is 0 Å². The molecule has 5 heteroatoms. The molecule has 0 bridgehead atoms. The second kappa shape index (κ2) is 4.28. The lowest BCUT2D eigenvalue weighted by Gasteiger charge is -2.44. The summed E-state index contributed by atoms with van der Waals surface area (Å²) in [4.78, 5) is 4.79. The van der Waals surface area contributed by atoms with E-state index in [0.29, 0.717) is 6.04 Å². The summed E-state index contributed by atoms with van der Waals surface area (Å²) in [5.41, 5.74) is 2.12. The third-order valence-corrected chi connectivity index (χ3v) is 4.87. The van der Waals surface area contributed by atoms with E-state index in [4.69, 9.17) is 0 Å². The van der Waals surface area contributed by atoms with Gasteiger partial charge in [0.15, 0.2) is 5.82 Å². The summed E-state index contributed by atoms with van der Waals surface area (Å²) in [5.74, 6) is 1.85. The Morgan fingerprint density at radius 2 is 2.11 bits per heavy atom. The van der Waals surface area contributed by atoms with Gasteiger partial charge in [0.05, 0.1) is 5.69 Å². The smallest absolute Gasteiger partial charge is 0.151 e. The molecule has 4 nitrogen and oxygen atoms in total. The Hall–Kier alpha value is -1.46. The first-order valence-electron chi connectivity index (χ1n) is 6.63. The topological polar surface area (TPSA) is 32.3 Å². The molecule has 2 aliphatic rings. The summed E-state index contributed by atoms with van der Waals surface area (Å²) in [6, 6.07) is 6.91. The highest BCUT2D eigenvalue weighted by Gasteiger charge is 2.45. The lowest BCUT2D eigenvalue weighted by molar-refractivity contribution is 0.357. The minimum Gasteiger partial charge on any atom is -0.350 e. The number of aromatic nitrogens is 2. The molecular weight excluding hydrogens is 256 g/mol. The molecule has 0 unspecified atom stereocenters. The second-order valence-electron chi connectivity index (χ2n) is 5.49. The molecule has 2 aromatic heterocycles. The van der Waals surface area contributed by atoms with Crippen LogP contribution in [0, 0.1) is 5.92 Å². The van der Waals surface area contributed by atoms with E-state index in [1.807, 2.05) is 0 Å². The van der Waals surface area contributed by atoms with Crippen molar-refractivity contribution in [2.45, 2.75) is 6.04 Å². The molecule has 2 aromatic rings. The molecule has 2 atom stereocenters. The molecule has 19 heavy (non-hydrogen) atoms. The Kier molecular flexibility index (Phi) is 2.56. The van der Waals surface area contributed by atoms with Crippen molar-refractivity contribution in [2.75, 3.05) is 31.6 Å². The predicted octanol–water partition coefficient (Wildman–Crippen LogP) is 1.96. The van der Waals surface area contributed by atoms with Crippen LogP contribution in [0.5, 0.6) is 0 Å². The van der Waals surface area contributed by atoms with Gasteiger partial charge in [-0.1, -0.05) is 0 Å². The number of rotatable bonds is 2. The van der Waals surface area contributed by atoms with Crippen molar-refractivity contribution in [1.29, 1.82) is 0 Å². The van der Waals surface area contributed by atoms with Crippen LogP contribution in [-0.4, -0.2) is 47.8 Å². The Bertz CT molecular complexity index is 566. The maximum absolute atomic E-state index is 4.40. The van der Waals surface area contributed by atoms with Crippen LogP contribution in [0.15, 0.2) is 29.0 Å². The van der Waals surface area contributed by atoms with Crippen molar-refractivity contribution in [3.63, 3.8) is 0 Å². The summed E-state index contributed by atoms with van der Waals surface area (Å²) in [5, 5.41) is 12.9. The lowest BCUT2D eigenvalue weighted by Crippen LogP contribution is -2.56. The fourth-order valence-corrected chi connectivity index (χ4v) is 3.80. The van der Waals surface area contributed by atoms with Gasteiger partial charge < -0.3 is 9.80 Å². The molecule has 2 saturated heterocycles. The van der Waals surface area contributed by atoms with Gasteiger partial charge in [-0.05, 0) is 30.6 Å². The van der Waals surface area contributed by atoms with Crippen LogP contribution in [0.3, 0.4) is 0 Å². The molecule has 2 fully saturated rings. The summed E-state index contributed by atoms with van der Waals surface area (Å²) in [7, 11) is 2.20. The molecule has 0 aliphatic carbocycles. The highest BCUT2D eigenvalue weighted by Crippen LogP contribution is 2.34. The van der Waals surface area contributed by atoms with Gasteiger partial charge >= 0.3 is 0 Å². The van der Waals surface area contributed by atoms with Gasteiger partial charge in [-0.2, -0.15) is 11.3 Å². The molecule has 0 amide bonds. The van der Waals surface area contributed by atoms with Crippen molar-refractivity contribution < 1.29 is 0 Å². The second-order valence-corrected chi connectivity index (χ2v) is 6.27. The summed E-state index contributed by atoms with van der Waals surface area (Å²) >= 11 is 1.69. The van der Waals surface area contributed by atoms with Gasteiger partial charge in [0.1, 0.15) is 0 Å². The van der Waals surface area contributed by atoms with Gasteiger partial charge in [0, 0.05) is 42.5 Å². The number of fused-ring (bicyclic) bond motifs is 1. The van der Waals surface area contributed by atoms with E-state index in [1.165, 1.54) is 6.54 Å². The quantitative estimate of drug-likeness (QED) is 0.836. The van der Waals surface area contributed by atoms with E-state index in [0.717, 1.165) is 36.1 Å². The third kappa shape index (κ3) is 1.84. The molecule has 0 N–H and O–H groups in total. The zero-order valence-corrected chi connectivity index (χ0v) is 11.7. The van der Waals surface area contributed by atoms with Gasteiger partial charge in [-0.3, -0.25) is 0 Å². The van der Waals surface area contributed by atoms with Crippen molar-refractivity contribution in [2.24, 2.45) is 5.92 Å². The monoisotopic (exact) mass is 272 g/mol. The molecule has 2 aliphatic heterocycles. The van der Waals surface area contributed by atoms with Gasteiger partial charge in [-0.15, -0.1) is 10.2 Å². The van der Waals surface area contributed by atoms with E-state index >= 15 is 0 Å². The molecule has 0 aromatic carbocycles. The zero-order chi connectivity index (χ0) is 12.8. The van der Waals surface area contributed by atoms with Gasteiger partial charge in [-0.25, -0.2) is 0 Å². The number of nitrogens with zero attached hydrogens (tertiary/aromatic N) is 4. The fourth-order valence-electron chi connectivity index (χ4n) is 3.15. The maximum atomic E-state index is 4.40. The van der Waals surface area contributed by atoms with Crippen LogP contribution in [-0.2, 0) is 0 Å². The summed E-state index contributed by atoms with van der Waals surface area (Å²) in [6.45, 7) is 3.50. The van der Waals surface area contributed by atoms with Crippen LogP contribution in [0.25, 0.3) is 11.3 Å². The van der Waals surface area contributed by atoms with Gasteiger partial charge in [0.25, 0.3) is 0 Å². The van der Waals surface area contributed by atoms with Crippen LogP contribution in [0.2, 0.25) is 0 Å². The summed E-state index contributed by atoms with van der Waals surface area (Å²) < 4.78 is 0. The lowest BCUT2D eigenvalue weighted by atomic mass is 9.92. The third-order valence-electron chi connectivity index (χ3n) is 4.18. The minimum absolute atomic E-state index is 0.645. The SMILES string of the molecule is CN1C[C@@H]2CN(c3ccc(-c4ccsc4)nn3)[C@@H]2C1. The molecule has 0 radical (unpaired) electrons. The number of thiophene rings is 1. The number of likely N-dealkylation sites (N-methyl/N-ethyl adjacent to an activating group) is 1. The number of hydrogen-bond donors (Lipinski definition) is 0. The molecular formula is C14H16N4S. The molecule has 4 heterocycles. The van der Waals surface area contributed by atoms with E-state index in [9.17, 15) is 0 Å². The average molecular weight is 272 g/mol. The Labute approximate surface area is 116 Å². The van der Waals surface area contributed by atoms with Crippen LogP contribution < -0.4 is 4.90 Å². The number of anilines is 1. The number of likely N-dealkylation sites (tertiary alicyclic amines) is 1. The molecule has 4 rings (SSSR count). The van der Waals surface area contributed by atoms with Crippen molar-refractivity contribution in [3.05, 3.63) is 29.0 Å². The highest BCUT2D eigenvalue weighted by molar-refractivity contribution is 7.08. The Balaban J connectivity index is 1.54. The van der Waals surface area contributed by atoms with Crippen LogP contribution in [0.4, 0.5) is 5.82 Å². The average Bonchev–Trinajstić information content (AvgIpc) is 3.03. The standard InChI is InChI=1S/C14H16N4S/c1-17-6-11-7-18(13(11)8-17)14-3-2-12(15-16-14)10-4-5-19-9-10/h2-5,9,11,13H,6-8H2,1H3/t11-,13-/m1/s1. The first-order valence-corrected chi connectivity index (χ1v) is 7.57. The number of hydrogen-bond acceptors (Lipinski definition) is 5. The Morgan fingerprint density at radius 1 is 1.16 bits per heavy atom. The van der Waals surface area contributed by atoms with E-state index in [1.54, 1.807) is 11.3 Å². The van der Waals surface area contributed by atoms with E-state index in [-0.39, 0.29) is 0 Å². The van der Waals surface area contributed by atoms with E-state index < -0.39 is 0 Å². The minimum atomic E-state index is 0.645. The van der Waals surface area contributed by atoms with E-state index in [2.05, 4.69) is 56.0 Å². The first-order chi connectivity index (χ1) is 9.31. The maximum Gasteiger partial charge on any atom is 0.151 e. The van der Waals surface area contributed by atoms with Crippen molar-refractivity contribution in [3.8, 4) is 11.3 Å². The highest BCUT2D eigenvalue weighted by atomic mass is 32.1. The normalized spacial score (nSPS) is 26.3. The summed E-state index contributed by atoms with van der Waals surface area (Å²) in [6.07, 6.45) is 0. The van der Waals surface area contributed by atoms with Crippen LogP contribution in [0.1, 0.15) is 0 Å².